The van der Waals surface area contributed by atoms with Crippen molar-refractivity contribution < 1.29 is 14.0 Å². The Labute approximate surface area is 174 Å². The van der Waals surface area contributed by atoms with Crippen LogP contribution in [0.1, 0.15) is 24.0 Å². The van der Waals surface area contributed by atoms with Crippen LogP contribution in [0.4, 0.5) is 14.9 Å². The van der Waals surface area contributed by atoms with Crippen molar-refractivity contribution in [3.8, 4) is 0 Å². The summed E-state index contributed by atoms with van der Waals surface area (Å²) in [6.45, 7) is 3.36. The fraction of sp³-hybridized carbons (Fsp3) is 0.364. The van der Waals surface area contributed by atoms with E-state index in [1.54, 1.807) is 11.8 Å². The lowest BCUT2D eigenvalue weighted by Crippen LogP contribution is -2.49. The Morgan fingerprint density at radius 2 is 1.83 bits per heavy atom. The zero-order valence-electron chi connectivity index (χ0n) is 16.3. The minimum Gasteiger partial charge on any atom is -0.342 e. The smallest absolute Gasteiger partial charge is 0.319 e. The molecule has 152 valence electrons. The fourth-order valence-corrected chi connectivity index (χ4v) is 5.18. The highest BCUT2D eigenvalue weighted by Crippen LogP contribution is 2.38. The molecule has 29 heavy (non-hydrogen) atoms. The van der Waals surface area contributed by atoms with Crippen LogP contribution in [0.15, 0.2) is 47.4 Å². The second-order valence-electron chi connectivity index (χ2n) is 7.63. The van der Waals surface area contributed by atoms with Gasteiger partial charge in [-0.1, -0.05) is 17.7 Å². The Hall–Kier alpha value is -2.54. The number of fused-ring (bicyclic) bond motifs is 1. The standard InChI is InChI=1S/C22H24FN3O2S/c1-14-2-3-15-13-20(29-19(15)12-14)21(27)26-10-8-18(9-11-26)25-22(28)24-17-6-4-16(23)5-7-17/h2-7,12,18,20H,8-11,13H2,1H3,(H2,24,25,28)/t20-/m0/s1. The molecule has 0 aliphatic carbocycles. The SMILES string of the molecule is Cc1ccc2c(c1)S[C@H](C(=O)N1CCC(NC(=O)Nc3ccc(F)cc3)CC1)C2. The summed E-state index contributed by atoms with van der Waals surface area (Å²) < 4.78 is 12.9. The average molecular weight is 414 g/mol. The summed E-state index contributed by atoms with van der Waals surface area (Å²) >= 11 is 1.67. The lowest BCUT2D eigenvalue weighted by atomic mass is 10.0. The molecule has 4 rings (SSSR count). The largest absolute Gasteiger partial charge is 0.342 e. The van der Waals surface area contributed by atoms with Crippen LogP contribution in [-0.4, -0.2) is 41.2 Å². The number of urea groups is 1. The van der Waals surface area contributed by atoms with Gasteiger partial charge in [-0.25, -0.2) is 9.18 Å². The molecule has 2 heterocycles. The molecule has 0 unspecified atom stereocenters. The van der Waals surface area contributed by atoms with E-state index in [1.807, 2.05) is 4.90 Å². The lowest BCUT2D eigenvalue weighted by molar-refractivity contribution is -0.131. The van der Waals surface area contributed by atoms with Crippen molar-refractivity contribution in [2.45, 2.75) is 42.4 Å². The van der Waals surface area contributed by atoms with E-state index in [1.165, 1.54) is 40.3 Å². The number of anilines is 1. The van der Waals surface area contributed by atoms with E-state index in [-0.39, 0.29) is 29.0 Å². The highest BCUT2D eigenvalue weighted by Gasteiger charge is 2.33. The molecule has 2 aliphatic rings. The number of piperidine rings is 1. The molecule has 0 spiro atoms. The van der Waals surface area contributed by atoms with Gasteiger partial charge >= 0.3 is 6.03 Å². The van der Waals surface area contributed by atoms with E-state index in [0.29, 0.717) is 18.8 Å². The minimum absolute atomic E-state index is 0.0237. The maximum absolute atomic E-state index is 12.9. The molecule has 0 saturated carbocycles. The highest BCUT2D eigenvalue weighted by atomic mass is 32.2. The minimum atomic E-state index is -0.341. The predicted octanol–water partition coefficient (Wildman–Crippen LogP) is 3.96. The van der Waals surface area contributed by atoms with Gasteiger partial charge in [0.2, 0.25) is 5.91 Å². The molecule has 2 aromatic carbocycles. The first-order valence-corrected chi connectivity index (χ1v) is 10.7. The Balaban J connectivity index is 1.24. The summed E-state index contributed by atoms with van der Waals surface area (Å²) in [4.78, 5) is 28.2. The number of aryl methyl sites for hydroxylation is 1. The van der Waals surface area contributed by atoms with E-state index >= 15 is 0 Å². The summed E-state index contributed by atoms with van der Waals surface area (Å²) in [5.74, 6) is -0.148. The average Bonchev–Trinajstić information content (AvgIpc) is 3.13. The first-order chi connectivity index (χ1) is 14.0. The van der Waals surface area contributed by atoms with Crippen molar-refractivity contribution in [3.63, 3.8) is 0 Å². The number of nitrogens with one attached hydrogen (secondary N) is 2. The molecule has 2 aromatic rings. The summed E-state index contributed by atoms with van der Waals surface area (Å²) in [5.41, 5.74) is 3.02. The van der Waals surface area contributed by atoms with Crippen molar-refractivity contribution in [1.82, 2.24) is 10.2 Å². The van der Waals surface area contributed by atoms with Gasteiger partial charge in [0, 0.05) is 29.7 Å². The number of likely N-dealkylation sites (tertiary alicyclic amines) is 1. The Morgan fingerprint density at radius 3 is 2.55 bits per heavy atom. The van der Waals surface area contributed by atoms with E-state index in [9.17, 15) is 14.0 Å². The number of amides is 3. The van der Waals surface area contributed by atoms with Crippen LogP contribution in [0.3, 0.4) is 0 Å². The van der Waals surface area contributed by atoms with E-state index in [4.69, 9.17) is 0 Å². The number of hydrogen-bond acceptors (Lipinski definition) is 3. The van der Waals surface area contributed by atoms with Crippen molar-refractivity contribution in [3.05, 3.63) is 59.4 Å². The highest BCUT2D eigenvalue weighted by molar-refractivity contribution is 8.01. The van der Waals surface area contributed by atoms with Crippen LogP contribution in [0.2, 0.25) is 0 Å². The van der Waals surface area contributed by atoms with E-state index in [0.717, 1.165) is 19.3 Å². The van der Waals surface area contributed by atoms with Gasteiger partial charge in [0.1, 0.15) is 5.82 Å². The Kier molecular flexibility index (Phi) is 5.76. The molecule has 0 radical (unpaired) electrons. The zero-order valence-corrected chi connectivity index (χ0v) is 17.1. The topological polar surface area (TPSA) is 61.4 Å². The summed E-state index contributed by atoms with van der Waals surface area (Å²) in [6.07, 6.45) is 2.25. The van der Waals surface area contributed by atoms with Crippen LogP contribution in [0.25, 0.3) is 0 Å². The van der Waals surface area contributed by atoms with Gasteiger partial charge in [-0.2, -0.15) is 0 Å². The van der Waals surface area contributed by atoms with Gasteiger partial charge in [0.25, 0.3) is 0 Å². The van der Waals surface area contributed by atoms with Gasteiger partial charge in [-0.05, 0) is 62.1 Å². The van der Waals surface area contributed by atoms with Crippen molar-refractivity contribution in [2.75, 3.05) is 18.4 Å². The number of thioether (sulfide) groups is 1. The second-order valence-corrected chi connectivity index (χ2v) is 8.87. The number of carbonyl (C=O) groups is 2. The van der Waals surface area contributed by atoms with Gasteiger partial charge in [-0.15, -0.1) is 11.8 Å². The summed E-state index contributed by atoms with van der Waals surface area (Å²) in [5, 5.41) is 5.61. The van der Waals surface area contributed by atoms with Crippen molar-refractivity contribution in [2.24, 2.45) is 0 Å². The molecule has 1 saturated heterocycles. The van der Waals surface area contributed by atoms with Crippen LogP contribution in [-0.2, 0) is 11.2 Å². The maximum atomic E-state index is 12.9. The molecule has 0 aromatic heterocycles. The second kappa shape index (κ2) is 8.45. The number of hydrogen-bond donors (Lipinski definition) is 2. The Bertz CT molecular complexity index is 911. The van der Waals surface area contributed by atoms with Gasteiger partial charge in [0.05, 0.1) is 5.25 Å². The third-order valence-corrected chi connectivity index (χ3v) is 6.70. The lowest BCUT2D eigenvalue weighted by Gasteiger charge is -2.33. The molecule has 2 N–H and O–H groups in total. The molecular formula is C22H24FN3O2S. The third kappa shape index (κ3) is 4.72. The number of benzene rings is 2. The van der Waals surface area contributed by atoms with Crippen molar-refractivity contribution in [1.29, 1.82) is 0 Å². The first kappa shape index (κ1) is 19.8. The molecule has 5 nitrogen and oxygen atoms in total. The number of carbonyl (C=O) groups excluding carboxylic acids is 2. The van der Waals surface area contributed by atoms with Gasteiger partial charge < -0.3 is 15.5 Å². The number of nitrogens with zero attached hydrogens (tertiary/aromatic N) is 1. The molecule has 0 bridgehead atoms. The van der Waals surface area contributed by atoms with Crippen molar-refractivity contribution >= 4 is 29.4 Å². The molecule has 7 heteroatoms. The first-order valence-electron chi connectivity index (χ1n) is 9.86. The van der Waals surface area contributed by atoms with Crippen LogP contribution >= 0.6 is 11.8 Å². The number of halogens is 1. The quantitative estimate of drug-likeness (QED) is 0.801. The van der Waals surface area contributed by atoms with Gasteiger partial charge in [0.15, 0.2) is 0 Å². The molecular weight excluding hydrogens is 389 g/mol. The van der Waals surface area contributed by atoms with E-state index < -0.39 is 0 Å². The van der Waals surface area contributed by atoms with Gasteiger partial charge in [-0.3, -0.25) is 4.79 Å². The maximum Gasteiger partial charge on any atom is 0.319 e. The molecule has 1 atom stereocenters. The Morgan fingerprint density at radius 1 is 1.10 bits per heavy atom. The molecule has 3 amide bonds. The number of rotatable bonds is 3. The summed E-state index contributed by atoms with van der Waals surface area (Å²) in [6, 6.07) is 11.8. The normalized spacial score (nSPS) is 19.0. The van der Waals surface area contributed by atoms with Crippen LogP contribution in [0, 0.1) is 12.7 Å². The van der Waals surface area contributed by atoms with Crippen LogP contribution in [0.5, 0.6) is 0 Å². The predicted molar refractivity (Wildman–Crippen MR) is 113 cm³/mol. The third-order valence-electron chi connectivity index (χ3n) is 5.42. The zero-order chi connectivity index (χ0) is 20.4. The summed E-state index contributed by atoms with van der Waals surface area (Å²) in [7, 11) is 0. The molecule has 1 fully saturated rings. The van der Waals surface area contributed by atoms with Crippen LogP contribution < -0.4 is 10.6 Å². The monoisotopic (exact) mass is 413 g/mol. The molecule has 2 aliphatic heterocycles. The fourth-order valence-electron chi connectivity index (χ4n) is 3.81. The van der Waals surface area contributed by atoms with E-state index in [2.05, 4.69) is 35.8 Å².